The van der Waals surface area contributed by atoms with Crippen LogP contribution in [-0.2, 0) is 0 Å². The molecule has 1 aromatic carbocycles. The molecule has 1 saturated heterocycles. The van der Waals surface area contributed by atoms with Gasteiger partial charge in [-0.3, -0.25) is 4.79 Å². The minimum Gasteiger partial charge on any atom is -0.334 e. The summed E-state index contributed by atoms with van der Waals surface area (Å²) in [5.41, 5.74) is 2.73. The van der Waals surface area contributed by atoms with E-state index in [1.54, 1.807) is 12.4 Å². The molecule has 3 rings (SSSR count). The van der Waals surface area contributed by atoms with E-state index < -0.39 is 0 Å². The third-order valence-electron chi connectivity index (χ3n) is 5.12. The first kappa shape index (κ1) is 18.4. The van der Waals surface area contributed by atoms with Crippen molar-refractivity contribution in [2.45, 2.75) is 52.5 Å². The van der Waals surface area contributed by atoms with Crippen molar-refractivity contribution in [2.24, 2.45) is 0 Å². The van der Waals surface area contributed by atoms with E-state index in [4.69, 9.17) is 0 Å². The number of carbonyl (C=O) groups excluding carboxylic acids is 1. The molecule has 138 valence electrons. The van der Waals surface area contributed by atoms with Crippen molar-refractivity contribution in [1.29, 1.82) is 0 Å². The van der Waals surface area contributed by atoms with Crippen LogP contribution in [0.15, 0.2) is 36.7 Å². The van der Waals surface area contributed by atoms with Crippen molar-refractivity contribution in [3.05, 3.63) is 47.9 Å². The Morgan fingerprint density at radius 1 is 1.23 bits per heavy atom. The number of hydrogen-bond donors (Lipinski definition) is 0. The normalized spacial score (nSPS) is 17.2. The number of nitrogens with zero attached hydrogens (tertiary/aromatic N) is 4. The van der Waals surface area contributed by atoms with Crippen molar-refractivity contribution in [3.63, 3.8) is 0 Å². The van der Waals surface area contributed by atoms with Gasteiger partial charge < -0.3 is 9.80 Å². The van der Waals surface area contributed by atoms with Gasteiger partial charge in [-0.2, -0.15) is 0 Å². The van der Waals surface area contributed by atoms with Gasteiger partial charge in [-0.05, 0) is 57.2 Å². The third kappa shape index (κ3) is 3.87. The Labute approximate surface area is 156 Å². The molecule has 1 fully saturated rings. The van der Waals surface area contributed by atoms with Crippen LogP contribution in [0.4, 0.5) is 11.5 Å². The molecule has 0 saturated carbocycles. The topological polar surface area (TPSA) is 49.3 Å². The van der Waals surface area contributed by atoms with Crippen LogP contribution in [0.3, 0.4) is 0 Å². The largest absolute Gasteiger partial charge is 0.334 e. The molecule has 2 heterocycles. The van der Waals surface area contributed by atoms with Crippen LogP contribution in [0.25, 0.3) is 0 Å². The van der Waals surface area contributed by atoms with Crippen LogP contribution < -0.4 is 4.90 Å². The number of amides is 1. The van der Waals surface area contributed by atoms with Crippen LogP contribution in [-0.4, -0.2) is 39.9 Å². The molecule has 2 aromatic rings. The van der Waals surface area contributed by atoms with Gasteiger partial charge in [0.25, 0.3) is 5.91 Å². The number of anilines is 2. The molecule has 26 heavy (non-hydrogen) atoms. The van der Waals surface area contributed by atoms with Gasteiger partial charge in [0.15, 0.2) is 5.82 Å². The summed E-state index contributed by atoms with van der Waals surface area (Å²) in [7, 11) is 0. The summed E-state index contributed by atoms with van der Waals surface area (Å²) >= 11 is 0. The first-order chi connectivity index (χ1) is 12.6. The molecular weight excluding hydrogens is 324 g/mol. The zero-order chi connectivity index (χ0) is 18.5. The lowest BCUT2D eigenvalue weighted by atomic mass is 10.00. The zero-order valence-corrected chi connectivity index (χ0v) is 16.0. The molecule has 1 atom stereocenters. The highest BCUT2D eigenvalue weighted by Gasteiger charge is 2.27. The fourth-order valence-corrected chi connectivity index (χ4v) is 3.68. The van der Waals surface area contributed by atoms with Gasteiger partial charge in [0.2, 0.25) is 0 Å². The average molecular weight is 352 g/mol. The SMILES string of the molecule is CCC1CCCCN1C(=O)c1cnc(N(CC)c2cccc(C)c2)cn1. The highest BCUT2D eigenvalue weighted by atomic mass is 16.2. The molecule has 1 unspecified atom stereocenters. The van der Waals surface area contributed by atoms with E-state index in [0.29, 0.717) is 11.7 Å². The van der Waals surface area contributed by atoms with Gasteiger partial charge in [-0.1, -0.05) is 19.1 Å². The molecule has 0 aliphatic carbocycles. The Morgan fingerprint density at radius 2 is 2.08 bits per heavy atom. The summed E-state index contributed by atoms with van der Waals surface area (Å²) < 4.78 is 0. The first-order valence-corrected chi connectivity index (χ1v) is 9.61. The number of benzene rings is 1. The Morgan fingerprint density at radius 3 is 2.73 bits per heavy atom. The van der Waals surface area contributed by atoms with Gasteiger partial charge in [0.1, 0.15) is 5.69 Å². The summed E-state index contributed by atoms with van der Waals surface area (Å²) in [6.45, 7) is 7.92. The molecule has 5 heteroatoms. The molecule has 0 bridgehead atoms. The number of piperidine rings is 1. The first-order valence-electron chi connectivity index (χ1n) is 9.61. The molecule has 1 amide bonds. The van der Waals surface area contributed by atoms with E-state index in [-0.39, 0.29) is 5.91 Å². The predicted octanol–water partition coefficient (Wildman–Crippen LogP) is 4.35. The van der Waals surface area contributed by atoms with E-state index in [1.165, 1.54) is 12.0 Å². The maximum absolute atomic E-state index is 12.8. The smallest absolute Gasteiger partial charge is 0.274 e. The molecule has 0 spiro atoms. The Bertz CT molecular complexity index is 744. The number of carbonyl (C=O) groups is 1. The zero-order valence-electron chi connectivity index (χ0n) is 16.0. The molecule has 1 aliphatic rings. The second kappa shape index (κ2) is 8.30. The monoisotopic (exact) mass is 352 g/mol. The fourth-order valence-electron chi connectivity index (χ4n) is 3.68. The number of likely N-dealkylation sites (tertiary alicyclic amines) is 1. The maximum atomic E-state index is 12.8. The fraction of sp³-hybridized carbons (Fsp3) is 0.476. The van der Waals surface area contributed by atoms with Crippen LogP contribution in [0.1, 0.15) is 55.6 Å². The minimum atomic E-state index is 0.00852. The van der Waals surface area contributed by atoms with E-state index >= 15 is 0 Å². The third-order valence-corrected chi connectivity index (χ3v) is 5.12. The Balaban J connectivity index is 1.80. The summed E-state index contributed by atoms with van der Waals surface area (Å²) in [6, 6.07) is 8.64. The molecule has 5 nitrogen and oxygen atoms in total. The number of aromatic nitrogens is 2. The number of hydrogen-bond acceptors (Lipinski definition) is 4. The molecule has 0 N–H and O–H groups in total. The quantitative estimate of drug-likeness (QED) is 0.803. The van der Waals surface area contributed by atoms with Gasteiger partial charge in [0.05, 0.1) is 12.4 Å². The lowest BCUT2D eigenvalue weighted by molar-refractivity contribution is 0.0601. The second-order valence-corrected chi connectivity index (χ2v) is 6.90. The number of rotatable bonds is 5. The Hall–Kier alpha value is -2.43. The van der Waals surface area contributed by atoms with Crippen LogP contribution in [0, 0.1) is 6.92 Å². The molecule has 1 aromatic heterocycles. The predicted molar refractivity (Wildman–Crippen MR) is 105 cm³/mol. The van der Waals surface area contributed by atoms with E-state index in [0.717, 1.165) is 43.9 Å². The van der Waals surface area contributed by atoms with Crippen molar-refractivity contribution < 1.29 is 4.79 Å². The number of aryl methyl sites for hydroxylation is 1. The minimum absolute atomic E-state index is 0.00852. The van der Waals surface area contributed by atoms with Crippen molar-refractivity contribution in [2.75, 3.05) is 18.0 Å². The highest BCUT2D eigenvalue weighted by molar-refractivity contribution is 5.92. The van der Waals surface area contributed by atoms with E-state index in [2.05, 4.69) is 53.8 Å². The lowest BCUT2D eigenvalue weighted by Gasteiger charge is -2.35. The molecule has 0 radical (unpaired) electrons. The standard InChI is InChI=1S/C21H28N4O/c1-4-17-10-6-7-12-25(17)21(26)19-14-23-20(15-22-19)24(5-2)18-11-8-9-16(3)13-18/h8-9,11,13-15,17H,4-7,10,12H2,1-3H3. The lowest BCUT2D eigenvalue weighted by Crippen LogP contribution is -2.43. The van der Waals surface area contributed by atoms with Crippen molar-refractivity contribution in [1.82, 2.24) is 14.9 Å². The summed E-state index contributed by atoms with van der Waals surface area (Å²) in [5.74, 6) is 0.773. The summed E-state index contributed by atoms with van der Waals surface area (Å²) in [4.78, 5) is 25.9. The summed E-state index contributed by atoms with van der Waals surface area (Å²) in [6.07, 6.45) is 7.69. The van der Waals surface area contributed by atoms with Crippen LogP contribution >= 0.6 is 0 Å². The summed E-state index contributed by atoms with van der Waals surface area (Å²) in [5, 5.41) is 0. The van der Waals surface area contributed by atoms with Gasteiger partial charge >= 0.3 is 0 Å². The van der Waals surface area contributed by atoms with Gasteiger partial charge in [0, 0.05) is 24.8 Å². The van der Waals surface area contributed by atoms with E-state index in [1.807, 2.05) is 11.0 Å². The Kier molecular flexibility index (Phi) is 5.86. The van der Waals surface area contributed by atoms with Crippen molar-refractivity contribution >= 4 is 17.4 Å². The maximum Gasteiger partial charge on any atom is 0.274 e. The van der Waals surface area contributed by atoms with Crippen LogP contribution in [0.2, 0.25) is 0 Å². The highest BCUT2D eigenvalue weighted by Crippen LogP contribution is 2.24. The average Bonchev–Trinajstić information content (AvgIpc) is 2.68. The van der Waals surface area contributed by atoms with E-state index in [9.17, 15) is 4.79 Å². The molecule has 1 aliphatic heterocycles. The van der Waals surface area contributed by atoms with Gasteiger partial charge in [-0.15, -0.1) is 0 Å². The molecular formula is C21H28N4O. The van der Waals surface area contributed by atoms with Gasteiger partial charge in [-0.25, -0.2) is 9.97 Å². The van der Waals surface area contributed by atoms with Crippen LogP contribution in [0.5, 0.6) is 0 Å². The second-order valence-electron chi connectivity index (χ2n) is 6.90. The van der Waals surface area contributed by atoms with Crippen molar-refractivity contribution in [3.8, 4) is 0 Å².